The Morgan fingerprint density at radius 3 is 2.36 bits per heavy atom. The summed E-state index contributed by atoms with van der Waals surface area (Å²) in [5.41, 5.74) is 2.37. The molecule has 1 aliphatic heterocycles. The molecule has 2 N–H and O–H groups in total. The first-order chi connectivity index (χ1) is 17.2. The van der Waals surface area contributed by atoms with Crippen LogP contribution < -0.4 is 10.4 Å². The van der Waals surface area contributed by atoms with Gasteiger partial charge in [-0.25, -0.2) is 9.78 Å². The molecule has 5 rings (SSSR count). The number of aliphatic hydroxyl groups excluding tert-OH is 1. The van der Waals surface area contributed by atoms with E-state index in [1.165, 1.54) is 12.1 Å². The van der Waals surface area contributed by atoms with Crippen molar-refractivity contribution >= 4 is 17.1 Å². The molecule has 2 aliphatic rings. The van der Waals surface area contributed by atoms with Crippen molar-refractivity contribution in [3.05, 3.63) is 58.1 Å². The van der Waals surface area contributed by atoms with Gasteiger partial charge in [-0.1, -0.05) is 0 Å². The maximum atomic E-state index is 12.9. The van der Waals surface area contributed by atoms with Gasteiger partial charge in [-0.15, -0.1) is 13.2 Å². The van der Waals surface area contributed by atoms with Crippen molar-refractivity contribution in [1.29, 1.82) is 0 Å². The van der Waals surface area contributed by atoms with Gasteiger partial charge in [0.1, 0.15) is 5.75 Å². The Hall–Kier alpha value is -3.34. The highest BCUT2D eigenvalue weighted by Gasteiger charge is 2.31. The molecule has 1 saturated heterocycles. The number of aliphatic hydroxyl groups is 1. The van der Waals surface area contributed by atoms with Crippen LogP contribution in [0.1, 0.15) is 66.4 Å². The van der Waals surface area contributed by atoms with Gasteiger partial charge in [0.2, 0.25) is 0 Å². The Morgan fingerprint density at radius 2 is 1.72 bits per heavy atom. The summed E-state index contributed by atoms with van der Waals surface area (Å²) < 4.78 is 42.7. The van der Waals surface area contributed by atoms with E-state index in [0.29, 0.717) is 37.5 Å². The van der Waals surface area contributed by atoms with Crippen LogP contribution in [-0.2, 0) is 0 Å². The molecule has 11 heteroatoms. The fourth-order valence-electron chi connectivity index (χ4n) is 5.32. The molecule has 3 heterocycles. The largest absolute Gasteiger partial charge is 0.573 e. The van der Waals surface area contributed by atoms with Crippen molar-refractivity contribution in [3.63, 3.8) is 0 Å². The summed E-state index contributed by atoms with van der Waals surface area (Å²) in [7, 11) is 0. The van der Waals surface area contributed by atoms with Gasteiger partial charge < -0.3 is 14.7 Å². The molecular weight excluding hydrogens is 477 g/mol. The molecule has 192 valence electrons. The van der Waals surface area contributed by atoms with Gasteiger partial charge in [0.25, 0.3) is 5.91 Å². The van der Waals surface area contributed by atoms with Crippen LogP contribution in [0.3, 0.4) is 0 Å². The lowest BCUT2D eigenvalue weighted by molar-refractivity contribution is -0.274. The van der Waals surface area contributed by atoms with Crippen LogP contribution in [0.2, 0.25) is 0 Å². The Bertz CT molecular complexity index is 1290. The highest BCUT2D eigenvalue weighted by atomic mass is 19.4. The number of benzene rings is 1. The van der Waals surface area contributed by atoms with Gasteiger partial charge in [-0.05, 0) is 80.3 Å². The second-order valence-electron chi connectivity index (χ2n) is 9.54. The SMILES string of the molecule is O=C(c1ccc(OC(F)(F)F)cc1)N1CCC(n2c(=O)[nH]c3ncc([C@H]4CC[C@H](O)CC4)cc32)CC1. The van der Waals surface area contributed by atoms with Crippen LogP contribution in [0.15, 0.2) is 41.3 Å². The number of halogens is 3. The van der Waals surface area contributed by atoms with E-state index in [4.69, 9.17) is 0 Å². The highest BCUT2D eigenvalue weighted by Crippen LogP contribution is 2.34. The predicted molar refractivity (Wildman–Crippen MR) is 125 cm³/mol. The molecular formula is C25H27F3N4O4. The molecule has 8 nitrogen and oxygen atoms in total. The summed E-state index contributed by atoms with van der Waals surface area (Å²) >= 11 is 0. The van der Waals surface area contributed by atoms with Gasteiger partial charge in [0.15, 0.2) is 5.65 Å². The van der Waals surface area contributed by atoms with Crippen molar-refractivity contribution in [2.24, 2.45) is 0 Å². The van der Waals surface area contributed by atoms with Crippen LogP contribution in [-0.4, -0.2) is 56.0 Å². The van der Waals surface area contributed by atoms with Crippen molar-refractivity contribution in [1.82, 2.24) is 19.4 Å². The van der Waals surface area contributed by atoms with Crippen molar-refractivity contribution < 1.29 is 27.8 Å². The first kappa shape index (κ1) is 24.4. The number of H-pyrrole nitrogens is 1. The zero-order valence-electron chi connectivity index (χ0n) is 19.5. The molecule has 1 aliphatic carbocycles. The smallest absolute Gasteiger partial charge is 0.406 e. The number of rotatable bonds is 4. The number of imidazole rings is 1. The summed E-state index contributed by atoms with van der Waals surface area (Å²) in [5.74, 6) is -0.355. The number of aromatic nitrogens is 3. The molecule has 0 spiro atoms. The van der Waals surface area contributed by atoms with E-state index in [0.717, 1.165) is 48.9 Å². The maximum absolute atomic E-state index is 12.9. The third-order valence-electron chi connectivity index (χ3n) is 7.21. The standard InChI is InChI=1S/C25H27F3N4O4/c26-25(27,28)36-20-7-3-16(4-8-20)23(34)31-11-9-18(10-12-31)32-21-13-17(14-29-22(21)30-24(32)35)15-1-5-19(33)6-2-15/h3-4,7-8,13-15,18-19,33H,1-2,5-6,9-12H2,(H,29,30,35)/t15-,19-. The summed E-state index contributed by atoms with van der Waals surface area (Å²) in [6, 6.07) is 6.79. The first-order valence-corrected chi connectivity index (χ1v) is 12.1. The van der Waals surface area contributed by atoms with E-state index in [-0.39, 0.29) is 35.1 Å². The van der Waals surface area contributed by atoms with Crippen molar-refractivity contribution in [3.8, 4) is 5.75 Å². The molecule has 3 aromatic rings. The lowest BCUT2D eigenvalue weighted by atomic mass is 9.83. The van der Waals surface area contributed by atoms with E-state index >= 15 is 0 Å². The van der Waals surface area contributed by atoms with Crippen LogP contribution in [0.4, 0.5) is 13.2 Å². The van der Waals surface area contributed by atoms with Crippen LogP contribution >= 0.6 is 0 Å². The summed E-state index contributed by atoms with van der Waals surface area (Å²) in [4.78, 5) is 34.6. The molecule has 36 heavy (non-hydrogen) atoms. The molecule has 0 radical (unpaired) electrons. The van der Waals surface area contributed by atoms with Crippen LogP contribution in [0.5, 0.6) is 5.75 Å². The van der Waals surface area contributed by atoms with Gasteiger partial charge in [-0.2, -0.15) is 0 Å². The molecule has 2 fully saturated rings. The van der Waals surface area contributed by atoms with E-state index in [9.17, 15) is 27.9 Å². The summed E-state index contributed by atoms with van der Waals surface area (Å²) in [6.45, 7) is 0.827. The minimum atomic E-state index is -4.79. The van der Waals surface area contributed by atoms with Crippen LogP contribution in [0.25, 0.3) is 11.2 Å². The molecule has 0 atom stereocenters. The second kappa shape index (κ2) is 9.61. The van der Waals surface area contributed by atoms with E-state index in [1.54, 1.807) is 15.7 Å². The lowest BCUT2D eigenvalue weighted by Crippen LogP contribution is -2.40. The van der Waals surface area contributed by atoms with E-state index < -0.39 is 6.36 Å². The van der Waals surface area contributed by atoms with Gasteiger partial charge in [0, 0.05) is 30.9 Å². The number of pyridine rings is 1. The number of alkyl halides is 3. The number of nitrogens with zero attached hydrogens (tertiary/aromatic N) is 3. The number of likely N-dealkylation sites (tertiary alicyclic amines) is 1. The Morgan fingerprint density at radius 1 is 1.06 bits per heavy atom. The molecule has 1 saturated carbocycles. The molecule has 2 aromatic heterocycles. The summed E-state index contributed by atoms with van der Waals surface area (Å²) in [5, 5.41) is 9.81. The number of piperidine rings is 1. The number of carbonyl (C=O) groups is 1. The maximum Gasteiger partial charge on any atom is 0.573 e. The monoisotopic (exact) mass is 504 g/mol. The zero-order chi connectivity index (χ0) is 25.4. The highest BCUT2D eigenvalue weighted by molar-refractivity contribution is 5.94. The third kappa shape index (κ3) is 5.11. The number of hydrogen-bond acceptors (Lipinski definition) is 5. The average Bonchev–Trinajstić information content (AvgIpc) is 3.18. The molecule has 0 bridgehead atoms. The molecule has 1 amide bonds. The average molecular weight is 505 g/mol. The van der Waals surface area contributed by atoms with Gasteiger partial charge in [-0.3, -0.25) is 14.3 Å². The molecule has 1 aromatic carbocycles. The number of hydrogen-bond donors (Lipinski definition) is 2. The number of aromatic amines is 1. The Kier molecular flexibility index (Phi) is 6.50. The van der Waals surface area contributed by atoms with E-state index in [2.05, 4.69) is 14.7 Å². The topological polar surface area (TPSA) is 100 Å². The number of nitrogens with one attached hydrogen (secondary N) is 1. The lowest BCUT2D eigenvalue weighted by Gasteiger charge is -2.32. The van der Waals surface area contributed by atoms with E-state index in [1.807, 2.05) is 6.07 Å². The third-order valence-corrected chi connectivity index (χ3v) is 7.21. The van der Waals surface area contributed by atoms with Crippen molar-refractivity contribution in [2.75, 3.05) is 13.1 Å². The normalized spacial score (nSPS) is 21.6. The summed E-state index contributed by atoms with van der Waals surface area (Å²) in [6.07, 6.45) is 1.17. The van der Waals surface area contributed by atoms with Gasteiger partial charge >= 0.3 is 12.1 Å². The minimum Gasteiger partial charge on any atom is -0.406 e. The van der Waals surface area contributed by atoms with Gasteiger partial charge in [0.05, 0.1) is 11.6 Å². The quantitative estimate of drug-likeness (QED) is 0.557. The number of carbonyl (C=O) groups excluding carboxylic acids is 1. The number of amides is 1. The fourth-order valence-corrected chi connectivity index (χ4v) is 5.32. The Balaban J connectivity index is 1.28. The first-order valence-electron chi connectivity index (χ1n) is 12.1. The fraction of sp³-hybridized carbons (Fsp3) is 0.480. The molecule has 0 unspecified atom stereocenters. The zero-order valence-corrected chi connectivity index (χ0v) is 19.5. The van der Waals surface area contributed by atoms with Crippen molar-refractivity contribution in [2.45, 2.75) is 63.0 Å². The second-order valence-corrected chi connectivity index (χ2v) is 9.54. The number of ether oxygens (including phenoxy) is 1. The van der Waals surface area contributed by atoms with Crippen LogP contribution in [0, 0.1) is 0 Å². The predicted octanol–water partition coefficient (Wildman–Crippen LogP) is 4.12. The number of fused-ring (bicyclic) bond motifs is 1. The minimum absolute atomic E-state index is 0.108. The Labute approximate surface area is 204 Å².